The standard InChI is InChI=1S/C17H18ClN7O2/c1-11-7-15(13(18)9-14(11)25(26)27)22-3-5-23(6-4-22)16-8-12(2)21-17-19-10-20-24(16)17/h7-10H,3-6H2,1-2H3. The zero-order valence-electron chi connectivity index (χ0n) is 15.0. The Morgan fingerprint density at radius 2 is 1.81 bits per heavy atom. The van der Waals surface area contributed by atoms with E-state index in [1.165, 1.54) is 12.4 Å². The maximum atomic E-state index is 11.1. The quantitative estimate of drug-likeness (QED) is 0.503. The van der Waals surface area contributed by atoms with E-state index in [1.807, 2.05) is 13.0 Å². The molecule has 0 aliphatic carbocycles. The van der Waals surface area contributed by atoms with Crippen molar-refractivity contribution in [3.05, 3.63) is 50.9 Å². The molecule has 1 aromatic carbocycles. The van der Waals surface area contributed by atoms with Crippen molar-refractivity contribution < 1.29 is 4.92 Å². The van der Waals surface area contributed by atoms with Crippen LogP contribution in [0.15, 0.2) is 24.5 Å². The topological polar surface area (TPSA) is 92.7 Å². The summed E-state index contributed by atoms with van der Waals surface area (Å²) in [6.07, 6.45) is 1.50. The van der Waals surface area contributed by atoms with Crippen molar-refractivity contribution >= 4 is 34.6 Å². The minimum Gasteiger partial charge on any atom is -0.367 e. The van der Waals surface area contributed by atoms with Gasteiger partial charge in [-0.15, -0.1) is 0 Å². The number of aromatic nitrogens is 4. The molecule has 0 N–H and O–H groups in total. The average molecular weight is 388 g/mol. The number of nitro groups is 1. The lowest BCUT2D eigenvalue weighted by Crippen LogP contribution is -2.47. The third-order valence-corrected chi connectivity index (χ3v) is 5.07. The van der Waals surface area contributed by atoms with Gasteiger partial charge in [0.2, 0.25) is 0 Å². The predicted octanol–water partition coefficient (Wildman–Crippen LogP) is 2.63. The van der Waals surface area contributed by atoms with Crippen molar-refractivity contribution in [1.29, 1.82) is 0 Å². The van der Waals surface area contributed by atoms with Crippen LogP contribution in [0.2, 0.25) is 5.02 Å². The van der Waals surface area contributed by atoms with Gasteiger partial charge < -0.3 is 9.80 Å². The highest BCUT2D eigenvalue weighted by Crippen LogP contribution is 2.33. The molecule has 1 aliphatic heterocycles. The fourth-order valence-corrected chi connectivity index (χ4v) is 3.69. The fourth-order valence-electron chi connectivity index (χ4n) is 3.41. The molecule has 0 spiro atoms. The second kappa shape index (κ2) is 6.66. The minimum absolute atomic E-state index is 0.0446. The lowest BCUT2D eigenvalue weighted by Gasteiger charge is -2.37. The Labute approximate surface area is 160 Å². The number of anilines is 2. The second-order valence-electron chi connectivity index (χ2n) is 6.55. The first-order valence-electron chi connectivity index (χ1n) is 8.56. The third kappa shape index (κ3) is 3.14. The Hall–Kier alpha value is -2.94. The number of benzene rings is 1. The highest BCUT2D eigenvalue weighted by Gasteiger charge is 2.24. The minimum atomic E-state index is -0.405. The van der Waals surface area contributed by atoms with E-state index in [4.69, 9.17) is 11.6 Å². The van der Waals surface area contributed by atoms with Gasteiger partial charge in [-0.2, -0.15) is 14.6 Å². The summed E-state index contributed by atoms with van der Waals surface area (Å²) in [5.41, 5.74) is 2.37. The van der Waals surface area contributed by atoms with Gasteiger partial charge in [0.15, 0.2) is 0 Å². The molecule has 0 saturated carbocycles. The first kappa shape index (κ1) is 17.5. The molecule has 0 atom stereocenters. The van der Waals surface area contributed by atoms with Gasteiger partial charge in [-0.25, -0.2) is 4.98 Å². The summed E-state index contributed by atoms with van der Waals surface area (Å²) < 4.78 is 1.74. The third-order valence-electron chi connectivity index (χ3n) is 4.77. The molecule has 10 heteroatoms. The molecule has 1 aliphatic rings. The van der Waals surface area contributed by atoms with Crippen LogP contribution in [0.5, 0.6) is 0 Å². The van der Waals surface area contributed by atoms with Crippen molar-refractivity contribution in [3.8, 4) is 0 Å². The largest absolute Gasteiger partial charge is 0.367 e. The van der Waals surface area contributed by atoms with Gasteiger partial charge in [0, 0.05) is 49.6 Å². The average Bonchev–Trinajstić information content (AvgIpc) is 3.11. The molecule has 0 bridgehead atoms. The molecule has 4 rings (SSSR count). The predicted molar refractivity (Wildman–Crippen MR) is 103 cm³/mol. The molecular weight excluding hydrogens is 370 g/mol. The Morgan fingerprint density at radius 3 is 2.52 bits per heavy atom. The SMILES string of the molecule is Cc1cc(N2CCN(c3cc(C)c([N+](=O)[O-])cc3Cl)CC2)n2ncnc2n1. The number of fused-ring (bicyclic) bond motifs is 1. The zero-order valence-corrected chi connectivity index (χ0v) is 15.7. The molecule has 0 amide bonds. The Bertz CT molecular complexity index is 1030. The molecule has 3 heterocycles. The lowest BCUT2D eigenvalue weighted by molar-refractivity contribution is -0.385. The van der Waals surface area contributed by atoms with Crippen LogP contribution in [-0.4, -0.2) is 50.7 Å². The van der Waals surface area contributed by atoms with Crippen LogP contribution in [0, 0.1) is 24.0 Å². The van der Waals surface area contributed by atoms with Crippen molar-refractivity contribution in [2.75, 3.05) is 36.0 Å². The summed E-state index contributed by atoms with van der Waals surface area (Å²) in [7, 11) is 0. The van der Waals surface area contributed by atoms with E-state index < -0.39 is 4.92 Å². The smallest absolute Gasteiger partial charge is 0.273 e. The van der Waals surface area contributed by atoms with Crippen molar-refractivity contribution in [2.45, 2.75) is 13.8 Å². The molecule has 9 nitrogen and oxygen atoms in total. The van der Waals surface area contributed by atoms with E-state index >= 15 is 0 Å². The van der Waals surface area contributed by atoms with Gasteiger partial charge in [0.25, 0.3) is 11.5 Å². The van der Waals surface area contributed by atoms with Crippen LogP contribution >= 0.6 is 11.6 Å². The maximum Gasteiger partial charge on any atom is 0.273 e. The van der Waals surface area contributed by atoms with E-state index in [-0.39, 0.29) is 5.69 Å². The van der Waals surface area contributed by atoms with Gasteiger partial charge >= 0.3 is 0 Å². The number of piperazine rings is 1. The summed E-state index contributed by atoms with van der Waals surface area (Å²) in [5.74, 6) is 1.54. The zero-order chi connectivity index (χ0) is 19.1. The van der Waals surface area contributed by atoms with Crippen LogP contribution in [0.25, 0.3) is 5.78 Å². The number of nitro benzene ring substituents is 1. The van der Waals surface area contributed by atoms with E-state index in [2.05, 4.69) is 24.9 Å². The summed E-state index contributed by atoms with van der Waals surface area (Å²) >= 11 is 6.33. The molecule has 0 unspecified atom stereocenters. The van der Waals surface area contributed by atoms with Crippen LogP contribution in [0.1, 0.15) is 11.3 Å². The molecular formula is C17H18ClN7O2. The molecule has 140 valence electrons. The van der Waals surface area contributed by atoms with Gasteiger partial charge in [-0.1, -0.05) is 11.6 Å². The summed E-state index contributed by atoms with van der Waals surface area (Å²) in [6.45, 7) is 6.70. The van der Waals surface area contributed by atoms with Crippen LogP contribution in [-0.2, 0) is 0 Å². The highest BCUT2D eigenvalue weighted by molar-refractivity contribution is 6.33. The first-order chi connectivity index (χ1) is 12.9. The monoisotopic (exact) mass is 387 g/mol. The van der Waals surface area contributed by atoms with Crippen LogP contribution < -0.4 is 9.80 Å². The number of hydrogen-bond acceptors (Lipinski definition) is 7. The van der Waals surface area contributed by atoms with E-state index in [9.17, 15) is 10.1 Å². The molecule has 3 aromatic rings. The number of halogens is 1. The van der Waals surface area contributed by atoms with Crippen molar-refractivity contribution in [3.63, 3.8) is 0 Å². The molecule has 0 radical (unpaired) electrons. The Balaban J connectivity index is 1.56. The number of hydrogen-bond donors (Lipinski definition) is 0. The normalized spacial score (nSPS) is 14.8. The van der Waals surface area contributed by atoms with Gasteiger partial charge in [-0.05, 0) is 19.9 Å². The van der Waals surface area contributed by atoms with Crippen molar-refractivity contribution in [1.82, 2.24) is 19.6 Å². The first-order valence-corrected chi connectivity index (χ1v) is 8.93. The number of nitrogens with zero attached hydrogens (tertiary/aromatic N) is 7. The fraction of sp³-hybridized carbons (Fsp3) is 0.353. The van der Waals surface area contributed by atoms with Crippen LogP contribution in [0.3, 0.4) is 0 Å². The van der Waals surface area contributed by atoms with Crippen LogP contribution in [0.4, 0.5) is 17.2 Å². The molecule has 1 saturated heterocycles. The van der Waals surface area contributed by atoms with E-state index in [0.717, 1.165) is 43.4 Å². The maximum absolute atomic E-state index is 11.1. The second-order valence-corrected chi connectivity index (χ2v) is 6.96. The lowest BCUT2D eigenvalue weighted by atomic mass is 10.1. The summed E-state index contributed by atoms with van der Waals surface area (Å²) in [4.78, 5) is 23.6. The van der Waals surface area contributed by atoms with E-state index in [0.29, 0.717) is 16.4 Å². The molecule has 27 heavy (non-hydrogen) atoms. The van der Waals surface area contributed by atoms with E-state index in [1.54, 1.807) is 17.5 Å². The summed E-state index contributed by atoms with van der Waals surface area (Å²) in [6, 6.07) is 5.23. The molecule has 2 aromatic heterocycles. The Kier molecular flexibility index (Phi) is 4.31. The molecule has 1 fully saturated rings. The van der Waals surface area contributed by atoms with Gasteiger partial charge in [0.1, 0.15) is 12.1 Å². The summed E-state index contributed by atoms with van der Waals surface area (Å²) in [5, 5.41) is 15.8. The number of rotatable bonds is 3. The van der Waals surface area contributed by atoms with Gasteiger partial charge in [-0.3, -0.25) is 10.1 Å². The number of aryl methyl sites for hydroxylation is 2. The van der Waals surface area contributed by atoms with Crippen molar-refractivity contribution in [2.24, 2.45) is 0 Å². The van der Waals surface area contributed by atoms with Gasteiger partial charge in [0.05, 0.1) is 15.6 Å². The highest BCUT2D eigenvalue weighted by atomic mass is 35.5. The Morgan fingerprint density at radius 1 is 1.11 bits per heavy atom.